The molecule has 27 heavy (non-hydrogen) atoms. The van der Waals surface area contributed by atoms with E-state index in [4.69, 9.17) is 4.74 Å². The van der Waals surface area contributed by atoms with Crippen LogP contribution in [0.3, 0.4) is 0 Å². The molecule has 1 amide bonds. The maximum atomic E-state index is 13.0. The zero-order chi connectivity index (χ0) is 19.2. The van der Waals surface area contributed by atoms with Crippen LogP contribution in [0.25, 0.3) is 0 Å². The summed E-state index contributed by atoms with van der Waals surface area (Å²) in [7, 11) is 0. The Morgan fingerprint density at radius 3 is 2.59 bits per heavy atom. The van der Waals surface area contributed by atoms with Crippen LogP contribution in [0.1, 0.15) is 36.5 Å². The average molecular weight is 376 g/mol. The summed E-state index contributed by atoms with van der Waals surface area (Å²) in [5, 5.41) is 14.3. The number of nitro groups is 1. The number of carbonyl (C=O) groups is 1. The minimum atomic E-state index is -0.455. The molecule has 0 aromatic heterocycles. The van der Waals surface area contributed by atoms with Crippen LogP contribution in [0, 0.1) is 10.1 Å². The highest BCUT2D eigenvalue weighted by Gasteiger charge is 2.25. The molecule has 0 bridgehead atoms. The van der Waals surface area contributed by atoms with Crippen LogP contribution < -0.4 is 10.2 Å². The quantitative estimate of drug-likeness (QED) is 0.604. The lowest BCUT2D eigenvalue weighted by Gasteiger charge is -2.33. The number of benzene rings is 1. The third-order valence-electron chi connectivity index (χ3n) is 5.25. The standard InChI is InChI=1S/C19H28N4O4/c1-2-7-21-8-5-15(6-9-21)20-19(24)17-14-16(23(25)26)3-4-18(17)22-10-12-27-13-11-22/h3-4,14-15H,2,5-13H2,1H3,(H,20,24). The highest BCUT2D eigenvalue weighted by molar-refractivity contribution is 6.00. The number of morpholine rings is 1. The van der Waals surface area contributed by atoms with E-state index < -0.39 is 4.92 Å². The van der Waals surface area contributed by atoms with Gasteiger partial charge in [0.25, 0.3) is 11.6 Å². The Labute approximate surface area is 159 Å². The zero-order valence-corrected chi connectivity index (χ0v) is 15.9. The molecule has 0 saturated carbocycles. The molecule has 0 aliphatic carbocycles. The second kappa shape index (κ2) is 9.14. The number of rotatable bonds is 6. The molecule has 148 valence electrons. The van der Waals surface area contributed by atoms with E-state index in [-0.39, 0.29) is 17.6 Å². The summed E-state index contributed by atoms with van der Waals surface area (Å²) in [5.74, 6) is -0.228. The van der Waals surface area contributed by atoms with Gasteiger partial charge in [-0.2, -0.15) is 0 Å². The third kappa shape index (κ3) is 4.95. The summed E-state index contributed by atoms with van der Waals surface area (Å²) < 4.78 is 5.38. The molecule has 0 atom stereocenters. The van der Waals surface area contributed by atoms with Crippen LogP contribution in [0.2, 0.25) is 0 Å². The van der Waals surface area contributed by atoms with Crippen LogP contribution in [-0.2, 0) is 4.74 Å². The Morgan fingerprint density at radius 1 is 1.26 bits per heavy atom. The number of hydrogen-bond donors (Lipinski definition) is 1. The van der Waals surface area contributed by atoms with Gasteiger partial charge in [-0.25, -0.2) is 0 Å². The van der Waals surface area contributed by atoms with Crippen molar-refractivity contribution in [3.8, 4) is 0 Å². The van der Waals surface area contributed by atoms with Crippen molar-refractivity contribution in [3.63, 3.8) is 0 Å². The first-order chi connectivity index (χ1) is 13.1. The lowest BCUT2D eigenvalue weighted by molar-refractivity contribution is -0.384. The van der Waals surface area contributed by atoms with E-state index >= 15 is 0 Å². The first-order valence-corrected chi connectivity index (χ1v) is 9.73. The molecule has 2 saturated heterocycles. The molecule has 0 unspecified atom stereocenters. The maximum Gasteiger partial charge on any atom is 0.270 e. The normalized spacial score (nSPS) is 19.1. The number of non-ortho nitro benzene ring substituents is 1. The first kappa shape index (κ1) is 19.6. The smallest absolute Gasteiger partial charge is 0.270 e. The van der Waals surface area contributed by atoms with E-state index in [0.29, 0.717) is 31.9 Å². The van der Waals surface area contributed by atoms with E-state index in [1.54, 1.807) is 6.07 Å². The predicted octanol–water partition coefficient (Wildman–Crippen LogP) is 2.04. The molecule has 3 rings (SSSR count). The maximum absolute atomic E-state index is 13.0. The second-order valence-electron chi connectivity index (χ2n) is 7.15. The van der Waals surface area contributed by atoms with E-state index in [9.17, 15) is 14.9 Å². The SMILES string of the molecule is CCCN1CCC(NC(=O)c2cc([N+](=O)[O-])ccc2N2CCOCC2)CC1. The summed E-state index contributed by atoms with van der Waals surface area (Å²) in [6.45, 7) is 7.74. The van der Waals surface area contributed by atoms with Crippen LogP contribution in [-0.4, -0.2) is 67.7 Å². The van der Waals surface area contributed by atoms with Crippen molar-refractivity contribution in [1.29, 1.82) is 0 Å². The van der Waals surface area contributed by atoms with Crippen molar-refractivity contribution in [2.45, 2.75) is 32.2 Å². The fourth-order valence-electron chi connectivity index (χ4n) is 3.78. The van der Waals surface area contributed by atoms with Crippen LogP contribution in [0.4, 0.5) is 11.4 Å². The number of nitrogens with one attached hydrogen (secondary N) is 1. The molecule has 0 radical (unpaired) electrons. The van der Waals surface area contributed by atoms with Gasteiger partial charge < -0.3 is 19.9 Å². The average Bonchev–Trinajstić information content (AvgIpc) is 2.70. The van der Waals surface area contributed by atoms with E-state index in [0.717, 1.165) is 44.6 Å². The van der Waals surface area contributed by atoms with Crippen LogP contribution in [0.15, 0.2) is 18.2 Å². The van der Waals surface area contributed by atoms with Gasteiger partial charge in [0.2, 0.25) is 0 Å². The van der Waals surface area contributed by atoms with Gasteiger partial charge >= 0.3 is 0 Å². The molecule has 2 aliphatic rings. The molecular formula is C19H28N4O4. The predicted molar refractivity (Wildman–Crippen MR) is 103 cm³/mol. The molecule has 8 nitrogen and oxygen atoms in total. The number of nitrogens with zero attached hydrogens (tertiary/aromatic N) is 3. The topological polar surface area (TPSA) is 88.0 Å². The van der Waals surface area contributed by atoms with Crippen LogP contribution >= 0.6 is 0 Å². The van der Waals surface area contributed by atoms with Crippen molar-refractivity contribution in [2.24, 2.45) is 0 Å². The Balaban J connectivity index is 1.73. The van der Waals surface area contributed by atoms with E-state index in [1.165, 1.54) is 12.1 Å². The summed E-state index contributed by atoms with van der Waals surface area (Å²) in [6, 6.07) is 4.65. The number of likely N-dealkylation sites (tertiary alicyclic amines) is 1. The molecule has 1 aromatic carbocycles. The van der Waals surface area contributed by atoms with Gasteiger partial charge in [0.15, 0.2) is 0 Å². The number of amides is 1. The van der Waals surface area contributed by atoms with Gasteiger partial charge in [0.1, 0.15) is 0 Å². The van der Waals surface area contributed by atoms with E-state index in [2.05, 4.69) is 22.0 Å². The number of hydrogen-bond acceptors (Lipinski definition) is 6. The van der Waals surface area contributed by atoms with Crippen molar-refractivity contribution >= 4 is 17.3 Å². The number of ether oxygens (including phenoxy) is 1. The summed E-state index contributed by atoms with van der Waals surface area (Å²) in [5.41, 5.74) is 1.06. The third-order valence-corrected chi connectivity index (χ3v) is 5.25. The number of piperidine rings is 1. The summed E-state index contributed by atoms with van der Waals surface area (Å²) in [4.78, 5) is 28.2. The van der Waals surface area contributed by atoms with Crippen molar-refractivity contribution in [3.05, 3.63) is 33.9 Å². The van der Waals surface area contributed by atoms with E-state index in [1.807, 2.05) is 0 Å². The van der Waals surface area contributed by atoms with Gasteiger partial charge in [-0.3, -0.25) is 14.9 Å². The number of anilines is 1. The zero-order valence-electron chi connectivity index (χ0n) is 15.9. The fourth-order valence-corrected chi connectivity index (χ4v) is 3.78. The lowest BCUT2D eigenvalue weighted by atomic mass is 10.0. The Bertz CT molecular complexity index is 668. The molecule has 8 heteroatoms. The molecular weight excluding hydrogens is 348 g/mol. The fraction of sp³-hybridized carbons (Fsp3) is 0.632. The molecule has 0 spiro atoms. The Hall–Kier alpha value is -2.19. The van der Waals surface area contributed by atoms with Crippen molar-refractivity contribution in [2.75, 3.05) is 50.8 Å². The van der Waals surface area contributed by atoms with Crippen molar-refractivity contribution < 1.29 is 14.5 Å². The Kier molecular flexibility index (Phi) is 6.63. The monoisotopic (exact) mass is 376 g/mol. The number of carbonyl (C=O) groups excluding carboxylic acids is 1. The molecule has 1 N–H and O–H groups in total. The first-order valence-electron chi connectivity index (χ1n) is 9.73. The summed E-state index contributed by atoms with van der Waals surface area (Å²) >= 11 is 0. The molecule has 1 aromatic rings. The van der Waals surface area contributed by atoms with Crippen LogP contribution in [0.5, 0.6) is 0 Å². The molecule has 2 aliphatic heterocycles. The van der Waals surface area contributed by atoms with Gasteiger partial charge in [-0.15, -0.1) is 0 Å². The second-order valence-corrected chi connectivity index (χ2v) is 7.15. The van der Waals surface area contributed by atoms with Crippen molar-refractivity contribution in [1.82, 2.24) is 10.2 Å². The molecule has 2 fully saturated rings. The number of nitro benzene ring substituents is 1. The lowest BCUT2D eigenvalue weighted by Crippen LogP contribution is -2.45. The Morgan fingerprint density at radius 2 is 1.96 bits per heavy atom. The van der Waals surface area contributed by atoms with Gasteiger partial charge in [-0.05, 0) is 31.9 Å². The van der Waals surface area contributed by atoms with Gasteiger partial charge in [-0.1, -0.05) is 6.92 Å². The minimum absolute atomic E-state index is 0.0603. The largest absolute Gasteiger partial charge is 0.378 e. The van der Waals surface area contributed by atoms with Gasteiger partial charge in [0, 0.05) is 44.4 Å². The minimum Gasteiger partial charge on any atom is -0.378 e. The summed E-state index contributed by atoms with van der Waals surface area (Å²) in [6.07, 6.45) is 2.95. The van der Waals surface area contributed by atoms with Gasteiger partial charge in [0.05, 0.1) is 29.4 Å². The highest BCUT2D eigenvalue weighted by Crippen LogP contribution is 2.27. The highest BCUT2D eigenvalue weighted by atomic mass is 16.6. The molecule has 2 heterocycles.